The van der Waals surface area contributed by atoms with Crippen molar-refractivity contribution in [2.45, 2.75) is 98.0 Å². The number of nitrogens with zero attached hydrogens (tertiary/aromatic N) is 1. The molecular formula is C26H41N3O4S. The van der Waals surface area contributed by atoms with Crippen LogP contribution < -0.4 is 10.6 Å². The molecule has 0 saturated heterocycles. The second kappa shape index (κ2) is 10.6. The first-order valence-corrected chi connectivity index (χ1v) is 12.5. The van der Waals surface area contributed by atoms with Crippen LogP contribution in [-0.4, -0.2) is 51.8 Å². The van der Waals surface area contributed by atoms with Gasteiger partial charge in [0.25, 0.3) is 0 Å². The highest BCUT2D eigenvalue weighted by atomic mass is 32.1. The number of aryl methyl sites for hydroxylation is 1. The first kappa shape index (κ1) is 28.0. The molecule has 7 nitrogen and oxygen atoms in total. The summed E-state index contributed by atoms with van der Waals surface area (Å²) < 4.78 is 5.36. The number of alkyl carbamates (subject to hydrolysis) is 1. The number of carbonyl (C=O) groups excluding carboxylic acids is 3. The van der Waals surface area contributed by atoms with E-state index in [1.807, 2.05) is 52.8 Å². The molecule has 34 heavy (non-hydrogen) atoms. The fourth-order valence-electron chi connectivity index (χ4n) is 3.91. The molecule has 4 unspecified atom stereocenters. The van der Waals surface area contributed by atoms with Crippen LogP contribution in [0.25, 0.3) is 0 Å². The van der Waals surface area contributed by atoms with E-state index in [-0.39, 0.29) is 29.5 Å². The van der Waals surface area contributed by atoms with Gasteiger partial charge in [0.1, 0.15) is 17.7 Å². The number of hydrogen-bond acceptors (Lipinski definition) is 5. The topological polar surface area (TPSA) is 87.7 Å². The Bertz CT molecular complexity index is 920. The molecule has 1 aromatic carbocycles. The van der Waals surface area contributed by atoms with E-state index in [2.05, 4.69) is 30.2 Å². The quantitative estimate of drug-likeness (QED) is 0.496. The minimum absolute atomic E-state index is 0.0795. The summed E-state index contributed by atoms with van der Waals surface area (Å²) in [5.74, 6) is -0.258. The van der Waals surface area contributed by atoms with Gasteiger partial charge < -0.3 is 20.3 Å². The Kier molecular flexibility index (Phi) is 8.72. The summed E-state index contributed by atoms with van der Waals surface area (Å²) in [6.45, 7) is 17.0. The Labute approximate surface area is 209 Å². The van der Waals surface area contributed by atoms with Crippen LogP contribution in [0.4, 0.5) is 4.79 Å². The minimum atomic E-state index is -0.930. The molecule has 0 spiro atoms. The third-order valence-corrected chi connectivity index (χ3v) is 6.18. The van der Waals surface area contributed by atoms with Crippen molar-refractivity contribution in [1.29, 1.82) is 0 Å². The molecule has 1 fully saturated rings. The zero-order valence-corrected chi connectivity index (χ0v) is 22.9. The van der Waals surface area contributed by atoms with Crippen molar-refractivity contribution >= 4 is 30.5 Å². The molecule has 1 saturated carbocycles. The zero-order chi connectivity index (χ0) is 26.0. The van der Waals surface area contributed by atoms with Crippen molar-refractivity contribution in [1.82, 2.24) is 15.5 Å². The van der Waals surface area contributed by atoms with Crippen LogP contribution in [-0.2, 0) is 14.3 Å². The second-order valence-electron chi connectivity index (χ2n) is 11.3. The number of ether oxygens (including phenoxy) is 1. The van der Waals surface area contributed by atoms with Gasteiger partial charge in [-0.25, -0.2) is 4.79 Å². The van der Waals surface area contributed by atoms with Crippen molar-refractivity contribution in [2.75, 3.05) is 5.75 Å². The number of carbonyl (C=O) groups is 3. The molecule has 0 aromatic heterocycles. The Hall–Kier alpha value is -2.22. The predicted octanol–water partition coefficient (Wildman–Crippen LogP) is 4.32. The van der Waals surface area contributed by atoms with E-state index in [1.54, 1.807) is 25.7 Å². The van der Waals surface area contributed by atoms with Gasteiger partial charge in [0, 0.05) is 17.3 Å². The minimum Gasteiger partial charge on any atom is -0.444 e. The van der Waals surface area contributed by atoms with Gasteiger partial charge in [0.2, 0.25) is 11.8 Å². The number of nitrogens with one attached hydrogen (secondary N) is 2. The third-order valence-electron chi connectivity index (χ3n) is 5.82. The molecular weight excluding hydrogens is 450 g/mol. The molecule has 3 amide bonds. The molecule has 0 bridgehead atoms. The SMILES string of the molecule is Cc1cccc(C(C(=O)NC(C)(C)C)N(C(=O)C(CS)NC(=O)OC(C)(C)C)C2CC2C)c1C. The number of rotatable bonds is 7. The average molecular weight is 492 g/mol. The summed E-state index contributed by atoms with van der Waals surface area (Å²) in [4.78, 5) is 41.7. The monoisotopic (exact) mass is 491 g/mol. The van der Waals surface area contributed by atoms with Gasteiger partial charge in [0.05, 0.1) is 0 Å². The molecule has 1 aliphatic rings. The van der Waals surface area contributed by atoms with Crippen LogP contribution in [0, 0.1) is 19.8 Å². The molecule has 2 rings (SSSR count). The normalized spacial score (nSPS) is 19.6. The van der Waals surface area contributed by atoms with E-state index in [9.17, 15) is 14.4 Å². The molecule has 1 aliphatic carbocycles. The fourth-order valence-corrected chi connectivity index (χ4v) is 4.16. The number of thiol groups is 1. The van der Waals surface area contributed by atoms with Crippen LogP contribution in [0.5, 0.6) is 0 Å². The lowest BCUT2D eigenvalue weighted by molar-refractivity contribution is -0.143. The largest absolute Gasteiger partial charge is 0.444 e. The highest BCUT2D eigenvalue weighted by molar-refractivity contribution is 7.80. The number of benzene rings is 1. The maximum Gasteiger partial charge on any atom is 0.408 e. The van der Waals surface area contributed by atoms with E-state index >= 15 is 0 Å². The lowest BCUT2D eigenvalue weighted by atomic mass is 9.94. The predicted molar refractivity (Wildman–Crippen MR) is 138 cm³/mol. The Morgan fingerprint density at radius 1 is 1.15 bits per heavy atom. The van der Waals surface area contributed by atoms with E-state index in [4.69, 9.17) is 4.74 Å². The van der Waals surface area contributed by atoms with E-state index < -0.39 is 29.3 Å². The molecule has 2 N–H and O–H groups in total. The molecule has 4 atom stereocenters. The Morgan fingerprint density at radius 3 is 2.21 bits per heavy atom. The smallest absolute Gasteiger partial charge is 0.408 e. The summed E-state index contributed by atoms with van der Waals surface area (Å²) in [6, 6.07) is 3.93. The van der Waals surface area contributed by atoms with Crippen molar-refractivity contribution in [3.63, 3.8) is 0 Å². The fraction of sp³-hybridized carbons (Fsp3) is 0.654. The second-order valence-corrected chi connectivity index (χ2v) is 11.7. The third kappa shape index (κ3) is 7.39. The van der Waals surface area contributed by atoms with Gasteiger partial charge in [-0.3, -0.25) is 9.59 Å². The molecule has 1 aromatic rings. The molecule has 0 radical (unpaired) electrons. The van der Waals surface area contributed by atoms with E-state index in [1.165, 1.54) is 0 Å². The standard InChI is InChI=1S/C26H41N3O4S/c1-15-11-10-12-18(17(15)3)21(22(30)28-25(4,5)6)29(20-13-16(20)2)23(31)19(14-34)27-24(32)33-26(7,8)9/h10-12,16,19-21,34H,13-14H2,1-9H3,(H,27,32)(H,28,30). The Balaban J connectivity index is 2.51. The van der Waals surface area contributed by atoms with Crippen molar-refractivity contribution in [3.05, 3.63) is 34.9 Å². The molecule has 0 aliphatic heterocycles. The first-order chi connectivity index (χ1) is 15.6. The van der Waals surface area contributed by atoms with Gasteiger partial charge in [-0.15, -0.1) is 0 Å². The summed E-state index contributed by atoms with van der Waals surface area (Å²) in [5.41, 5.74) is 1.61. The summed E-state index contributed by atoms with van der Waals surface area (Å²) in [7, 11) is 0. The number of hydrogen-bond donors (Lipinski definition) is 3. The van der Waals surface area contributed by atoms with Gasteiger partial charge in [0.15, 0.2) is 0 Å². The van der Waals surface area contributed by atoms with Crippen molar-refractivity contribution in [2.24, 2.45) is 5.92 Å². The van der Waals surface area contributed by atoms with Gasteiger partial charge >= 0.3 is 6.09 Å². The maximum absolute atomic E-state index is 13.9. The van der Waals surface area contributed by atoms with Gasteiger partial charge in [-0.1, -0.05) is 25.1 Å². The van der Waals surface area contributed by atoms with Crippen LogP contribution in [0.2, 0.25) is 0 Å². The van der Waals surface area contributed by atoms with Crippen LogP contribution in [0.1, 0.15) is 77.6 Å². The lowest BCUT2D eigenvalue weighted by Gasteiger charge is -2.37. The maximum atomic E-state index is 13.9. The molecule has 8 heteroatoms. The number of amides is 3. The van der Waals surface area contributed by atoms with Crippen LogP contribution >= 0.6 is 12.6 Å². The Morgan fingerprint density at radius 2 is 1.74 bits per heavy atom. The first-order valence-electron chi connectivity index (χ1n) is 11.9. The summed E-state index contributed by atoms with van der Waals surface area (Å²) >= 11 is 4.34. The molecule has 0 heterocycles. The average Bonchev–Trinajstić information content (AvgIpc) is 3.39. The summed E-state index contributed by atoms with van der Waals surface area (Å²) in [6.07, 6.45) is 0.105. The van der Waals surface area contributed by atoms with Crippen molar-refractivity contribution in [3.8, 4) is 0 Å². The highest BCUT2D eigenvalue weighted by Crippen LogP contribution is 2.41. The van der Waals surface area contributed by atoms with Gasteiger partial charge in [-0.2, -0.15) is 12.6 Å². The summed E-state index contributed by atoms with van der Waals surface area (Å²) in [5, 5.41) is 5.72. The van der Waals surface area contributed by atoms with Crippen LogP contribution in [0.3, 0.4) is 0 Å². The molecule has 190 valence electrons. The zero-order valence-electron chi connectivity index (χ0n) is 22.0. The lowest BCUT2D eigenvalue weighted by Crippen LogP contribution is -2.56. The highest BCUT2D eigenvalue weighted by Gasteiger charge is 2.48. The van der Waals surface area contributed by atoms with Crippen molar-refractivity contribution < 1.29 is 19.1 Å². The van der Waals surface area contributed by atoms with E-state index in [0.717, 1.165) is 23.1 Å². The van der Waals surface area contributed by atoms with Gasteiger partial charge in [-0.05, 0) is 84.4 Å². The van der Waals surface area contributed by atoms with E-state index in [0.29, 0.717) is 0 Å². The van der Waals surface area contributed by atoms with Crippen LogP contribution in [0.15, 0.2) is 18.2 Å².